The van der Waals surface area contributed by atoms with E-state index < -0.39 is 21.2 Å². The fourth-order valence-corrected chi connectivity index (χ4v) is 4.60. The molecular formula is C24H17N3O7S2. The van der Waals surface area contributed by atoms with Gasteiger partial charge in [-0.05, 0) is 47.5 Å². The largest absolute Gasteiger partial charge is 0.497 e. The molecule has 1 saturated heterocycles. The van der Waals surface area contributed by atoms with Crippen molar-refractivity contribution in [3.05, 3.63) is 103 Å². The first kappa shape index (κ1) is 24.8. The van der Waals surface area contributed by atoms with Crippen LogP contribution in [-0.4, -0.2) is 32.1 Å². The van der Waals surface area contributed by atoms with E-state index in [0.717, 1.165) is 17.7 Å². The molecule has 36 heavy (non-hydrogen) atoms. The predicted octanol–water partition coefficient (Wildman–Crippen LogP) is 5.71. The van der Waals surface area contributed by atoms with Gasteiger partial charge in [-0.25, -0.2) is 0 Å². The molecule has 1 amide bonds. The summed E-state index contributed by atoms with van der Waals surface area (Å²) in [4.78, 5) is 35.8. The summed E-state index contributed by atoms with van der Waals surface area (Å²) in [5.74, 6) is 0.589. The van der Waals surface area contributed by atoms with Crippen LogP contribution in [0.1, 0.15) is 11.1 Å². The minimum absolute atomic E-state index is 0.145. The van der Waals surface area contributed by atoms with Gasteiger partial charge in [0.15, 0.2) is 0 Å². The lowest BCUT2D eigenvalue weighted by Crippen LogP contribution is -2.27. The molecule has 0 radical (unpaired) electrons. The van der Waals surface area contributed by atoms with Gasteiger partial charge in [0.05, 0.1) is 34.5 Å². The maximum Gasteiger partial charge on any atom is 0.318 e. The number of methoxy groups -OCH3 is 1. The molecular weight excluding hydrogens is 506 g/mol. The number of benzene rings is 3. The fraction of sp³-hybridized carbons (Fsp3) is 0.0833. The lowest BCUT2D eigenvalue weighted by Gasteiger charge is -2.14. The third-order valence-electron chi connectivity index (χ3n) is 5.11. The Hall–Kier alpha value is -4.29. The second-order valence-electron chi connectivity index (χ2n) is 7.46. The highest BCUT2D eigenvalue weighted by atomic mass is 32.2. The van der Waals surface area contributed by atoms with Gasteiger partial charge in [-0.15, -0.1) is 0 Å². The highest BCUT2D eigenvalue weighted by molar-refractivity contribution is 8.26. The summed E-state index contributed by atoms with van der Waals surface area (Å²) in [5, 5.41) is 22.3. The minimum atomic E-state index is -0.750. The molecule has 1 fully saturated rings. The number of amides is 1. The zero-order valence-corrected chi connectivity index (χ0v) is 20.3. The Bertz CT molecular complexity index is 1410. The number of hydrogen-bond acceptors (Lipinski definition) is 9. The van der Waals surface area contributed by atoms with Crippen LogP contribution < -0.4 is 9.47 Å². The predicted molar refractivity (Wildman–Crippen MR) is 138 cm³/mol. The van der Waals surface area contributed by atoms with Crippen molar-refractivity contribution < 1.29 is 24.1 Å². The topological polar surface area (TPSA) is 125 Å². The van der Waals surface area contributed by atoms with E-state index in [2.05, 4.69) is 0 Å². The van der Waals surface area contributed by atoms with Gasteiger partial charge >= 0.3 is 5.69 Å². The molecule has 1 aliphatic rings. The van der Waals surface area contributed by atoms with E-state index in [1.807, 2.05) is 24.3 Å². The van der Waals surface area contributed by atoms with Crippen LogP contribution in [0.4, 0.5) is 11.4 Å². The lowest BCUT2D eigenvalue weighted by atomic mass is 10.2. The molecule has 3 aromatic carbocycles. The molecule has 12 heteroatoms. The number of thioether (sulfide) groups is 1. The standard InChI is InChI=1S/C24H17N3O7S2/c1-33-18-8-5-15(6-9-18)14-25-23(28)22(36-24(25)35)12-16-3-2-4-19(11-16)34-21-10-7-17(26(29)30)13-20(21)27(31)32/h2-13H,14H2,1H3/b22-12+. The SMILES string of the molecule is COc1ccc(CN2C(=O)/C(=C\c3cccc(Oc4ccc([N+](=O)[O-])cc4[N+](=O)[O-])c3)SC2=S)cc1. The van der Waals surface area contributed by atoms with Gasteiger partial charge < -0.3 is 9.47 Å². The zero-order valence-electron chi connectivity index (χ0n) is 18.7. The summed E-state index contributed by atoms with van der Waals surface area (Å²) in [6, 6.07) is 17.1. The Balaban J connectivity index is 1.53. The highest BCUT2D eigenvalue weighted by Crippen LogP contribution is 2.36. The second kappa shape index (κ2) is 10.5. The van der Waals surface area contributed by atoms with Crippen molar-refractivity contribution in [1.29, 1.82) is 0 Å². The number of thiocarbonyl (C=S) groups is 1. The summed E-state index contributed by atoms with van der Waals surface area (Å²) in [7, 11) is 1.58. The molecule has 0 unspecified atom stereocenters. The van der Waals surface area contributed by atoms with E-state index in [-0.39, 0.29) is 17.4 Å². The molecule has 182 valence electrons. The monoisotopic (exact) mass is 523 g/mol. The quantitative estimate of drug-likeness (QED) is 0.158. The van der Waals surface area contributed by atoms with Crippen molar-refractivity contribution in [2.24, 2.45) is 0 Å². The van der Waals surface area contributed by atoms with Gasteiger partial charge in [-0.3, -0.25) is 29.9 Å². The number of carbonyl (C=O) groups is 1. The van der Waals surface area contributed by atoms with Crippen LogP contribution in [0, 0.1) is 20.2 Å². The number of nitro benzene ring substituents is 2. The van der Waals surface area contributed by atoms with Crippen LogP contribution in [0.15, 0.2) is 71.6 Å². The van der Waals surface area contributed by atoms with Crippen molar-refractivity contribution in [2.45, 2.75) is 6.54 Å². The molecule has 0 N–H and O–H groups in total. The van der Waals surface area contributed by atoms with Gasteiger partial charge in [0.1, 0.15) is 15.8 Å². The highest BCUT2D eigenvalue weighted by Gasteiger charge is 2.32. The Labute approximate surface area is 214 Å². The van der Waals surface area contributed by atoms with Gasteiger partial charge in [-0.2, -0.15) is 0 Å². The number of carbonyl (C=O) groups excluding carboxylic acids is 1. The molecule has 1 aliphatic heterocycles. The van der Waals surface area contributed by atoms with E-state index >= 15 is 0 Å². The maximum absolute atomic E-state index is 13.0. The fourth-order valence-electron chi connectivity index (χ4n) is 3.34. The Kier molecular flexibility index (Phi) is 7.27. The molecule has 0 saturated carbocycles. The summed E-state index contributed by atoms with van der Waals surface area (Å²) < 4.78 is 11.2. The Morgan fingerprint density at radius 1 is 1.00 bits per heavy atom. The minimum Gasteiger partial charge on any atom is -0.497 e. The van der Waals surface area contributed by atoms with Crippen molar-refractivity contribution >= 4 is 51.7 Å². The molecule has 0 atom stereocenters. The van der Waals surface area contributed by atoms with E-state index in [0.29, 0.717) is 27.1 Å². The van der Waals surface area contributed by atoms with Crippen molar-refractivity contribution in [3.63, 3.8) is 0 Å². The van der Waals surface area contributed by atoms with E-state index in [4.69, 9.17) is 21.7 Å². The van der Waals surface area contributed by atoms with Crippen LogP contribution in [0.2, 0.25) is 0 Å². The summed E-state index contributed by atoms with van der Waals surface area (Å²) in [6.07, 6.45) is 1.66. The first-order chi connectivity index (χ1) is 17.2. The molecule has 1 heterocycles. The lowest BCUT2D eigenvalue weighted by molar-refractivity contribution is -0.394. The van der Waals surface area contributed by atoms with Crippen molar-refractivity contribution in [3.8, 4) is 17.2 Å². The number of nitro groups is 2. The van der Waals surface area contributed by atoms with Crippen LogP contribution in [-0.2, 0) is 11.3 Å². The molecule has 3 aromatic rings. The number of hydrogen-bond donors (Lipinski definition) is 0. The van der Waals surface area contributed by atoms with Crippen LogP contribution in [0.5, 0.6) is 17.2 Å². The number of nitrogens with zero attached hydrogens (tertiary/aromatic N) is 3. The van der Waals surface area contributed by atoms with Crippen LogP contribution in [0.25, 0.3) is 6.08 Å². The van der Waals surface area contributed by atoms with Gasteiger partial charge in [-0.1, -0.05) is 48.2 Å². The van der Waals surface area contributed by atoms with Crippen LogP contribution >= 0.6 is 24.0 Å². The molecule has 4 rings (SSSR count). The van der Waals surface area contributed by atoms with Crippen molar-refractivity contribution in [1.82, 2.24) is 4.90 Å². The zero-order chi connectivity index (χ0) is 25.8. The number of non-ortho nitro benzene ring substituents is 1. The normalized spacial score (nSPS) is 14.2. The maximum atomic E-state index is 13.0. The second-order valence-corrected chi connectivity index (χ2v) is 9.13. The molecule has 0 bridgehead atoms. The first-order valence-electron chi connectivity index (χ1n) is 10.3. The molecule has 0 aliphatic carbocycles. The van der Waals surface area contributed by atoms with Gasteiger partial charge in [0.25, 0.3) is 11.6 Å². The molecule has 0 aromatic heterocycles. The van der Waals surface area contributed by atoms with E-state index in [1.165, 1.54) is 22.7 Å². The van der Waals surface area contributed by atoms with E-state index in [1.54, 1.807) is 37.5 Å². The Morgan fingerprint density at radius 3 is 2.42 bits per heavy atom. The summed E-state index contributed by atoms with van der Waals surface area (Å²) in [6.45, 7) is 0.318. The number of ether oxygens (including phenoxy) is 2. The van der Waals surface area contributed by atoms with Gasteiger partial charge in [0, 0.05) is 6.07 Å². The summed E-state index contributed by atoms with van der Waals surface area (Å²) >= 11 is 6.58. The third-order valence-corrected chi connectivity index (χ3v) is 6.48. The Morgan fingerprint density at radius 2 is 1.75 bits per heavy atom. The van der Waals surface area contributed by atoms with Crippen LogP contribution in [0.3, 0.4) is 0 Å². The average Bonchev–Trinajstić information content (AvgIpc) is 3.12. The first-order valence-corrected chi connectivity index (χ1v) is 11.6. The molecule has 0 spiro atoms. The average molecular weight is 524 g/mol. The van der Waals surface area contributed by atoms with Gasteiger partial charge in [0.2, 0.25) is 5.75 Å². The summed E-state index contributed by atoms with van der Waals surface area (Å²) in [5.41, 5.74) is 0.559. The smallest absolute Gasteiger partial charge is 0.318 e. The van der Waals surface area contributed by atoms with E-state index in [9.17, 15) is 25.0 Å². The molecule has 10 nitrogen and oxygen atoms in total. The number of rotatable bonds is 8. The van der Waals surface area contributed by atoms with Crippen molar-refractivity contribution in [2.75, 3.05) is 7.11 Å². The third kappa shape index (κ3) is 5.50.